The van der Waals surface area contributed by atoms with Gasteiger partial charge in [-0.15, -0.1) is 0 Å². The van der Waals surface area contributed by atoms with Gasteiger partial charge in [0, 0.05) is 18.8 Å². The molecule has 0 aliphatic heterocycles. The molecule has 33 heavy (non-hydrogen) atoms. The average Bonchev–Trinajstić information content (AvgIpc) is 2.85. The fourth-order valence-electron chi connectivity index (χ4n) is 3.36. The van der Waals surface area contributed by atoms with Crippen molar-refractivity contribution in [1.82, 2.24) is 9.97 Å². The normalized spacial score (nSPS) is 11.2. The minimum atomic E-state index is 0.551. The molecular weight excluding hydrogens is 412 g/mol. The summed E-state index contributed by atoms with van der Waals surface area (Å²) in [5.41, 5.74) is 0.959. The highest BCUT2D eigenvalue weighted by molar-refractivity contribution is 5.56. The molecule has 0 N–H and O–H groups in total. The van der Waals surface area contributed by atoms with Crippen LogP contribution in [0, 0.1) is 0 Å². The molecule has 1 heterocycles. The van der Waals surface area contributed by atoms with Gasteiger partial charge in [-0.2, -0.15) is 0 Å². The van der Waals surface area contributed by atoms with E-state index in [-0.39, 0.29) is 0 Å². The van der Waals surface area contributed by atoms with Gasteiger partial charge in [-0.1, -0.05) is 58.1 Å². The Kier molecular flexibility index (Phi) is 14.7. The standard InChI is InChI=1S/C28H42N2O3/c1-3-5-6-7-8-9-10-11-12-21-33-27-23-29-28(30-24-27)25-15-17-26(18-16-25)32-22-14-13-20-31-19-4-2/h11-12,15-18,23-24H,3-10,13-14,19-22H2,1-2H3/b12-11+. The monoisotopic (exact) mass is 454 g/mol. The van der Waals surface area contributed by atoms with Crippen molar-refractivity contribution in [1.29, 1.82) is 0 Å². The fourth-order valence-corrected chi connectivity index (χ4v) is 3.36. The van der Waals surface area contributed by atoms with Gasteiger partial charge < -0.3 is 14.2 Å². The molecule has 0 spiro atoms. The number of rotatable bonds is 19. The van der Waals surface area contributed by atoms with E-state index in [2.05, 4.69) is 36.0 Å². The second-order valence-corrected chi connectivity index (χ2v) is 8.27. The molecule has 1 aromatic carbocycles. The SMILES string of the molecule is CCCCCCCC/C=C/COc1cnc(-c2ccc(OCCCCOCCC)cc2)nc1. The summed E-state index contributed by atoms with van der Waals surface area (Å²) < 4.78 is 17.0. The molecule has 5 heteroatoms. The first-order valence-corrected chi connectivity index (χ1v) is 12.7. The van der Waals surface area contributed by atoms with Gasteiger partial charge in [-0.05, 0) is 56.4 Å². The molecule has 2 aromatic rings. The van der Waals surface area contributed by atoms with Crippen LogP contribution in [-0.2, 0) is 4.74 Å². The van der Waals surface area contributed by atoms with E-state index in [1.807, 2.05) is 24.3 Å². The van der Waals surface area contributed by atoms with Crippen LogP contribution in [0.25, 0.3) is 11.4 Å². The van der Waals surface area contributed by atoms with Crippen molar-refractivity contribution in [2.45, 2.75) is 78.1 Å². The number of hydrogen-bond acceptors (Lipinski definition) is 5. The highest BCUT2D eigenvalue weighted by Gasteiger charge is 2.03. The van der Waals surface area contributed by atoms with Crippen LogP contribution in [0.15, 0.2) is 48.8 Å². The lowest BCUT2D eigenvalue weighted by Gasteiger charge is -2.08. The predicted molar refractivity (Wildman–Crippen MR) is 136 cm³/mol. The third-order valence-electron chi connectivity index (χ3n) is 5.28. The number of hydrogen-bond donors (Lipinski definition) is 0. The van der Waals surface area contributed by atoms with Crippen LogP contribution in [0.5, 0.6) is 11.5 Å². The Morgan fingerprint density at radius 3 is 2.15 bits per heavy atom. The zero-order valence-electron chi connectivity index (χ0n) is 20.6. The van der Waals surface area contributed by atoms with E-state index in [1.54, 1.807) is 12.4 Å². The topological polar surface area (TPSA) is 53.5 Å². The summed E-state index contributed by atoms with van der Waals surface area (Å²) in [5.74, 6) is 2.23. The number of benzene rings is 1. The summed E-state index contributed by atoms with van der Waals surface area (Å²) in [6.45, 7) is 7.27. The first kappa shape index (κ1) is 26.8. The quantitative estimate of drug-likeness (QED) is 0.163. The Bertz CT molecular complexity index is 745. The highest BCUT2D eigenvalue weighted by atomic mass is 16.5. The second-order valence-electron chi connectivity index (χ2n) is 8.27. The van der Waals surface area contributed by atoms with E-state index in [0.717, 1.165) is 50.2 Å². The van der Waals surface area contributed by atoms with E-state index in [0.29, 0.717) is 24.8 Å². The van der Waals surface area contributed by atoms with Crippen LogP contribution in [-0.4, -0.2) is 36.4 Å². The maximum atomic E-state index is 5.80. The number of allylic oxidation sites excluding steroid dienone is 1. The van der Waals surface area contributed by atoms with Crippen LogP contribution in [0.2, 0.25) is 0 Å². The maximum absolute atomic E-state index is 5.80. The van der Waals surface area contributed by atoms with Gasteiger partial charge in [0.15, 0.2) is 11.6 Å². The predicted octanol–water partition coefficient (Wildman–Crippen LogP) is 7.41. The summed E-state index contributed by atoms with van der Waals surface area (Å²) in [4.78, 5) is 8.88. The first-order chi connectivity index (χ1) is 16.3. The molecule has 1 aromatic heterocycles. The third kappa shape index (κ3) is 12.4. The lowest BCUT2D eigenvalue weighted by molar-refractivity contribution is 0.127. The van der Waals surface area contributed by atoms with Crippen molar-refractivity contribution < 1.29 is 14.2 Å². The maximum Gasteiger partial charge on any atom is 0.159 e. The van der Waals surface area contributed by atoms with Crippen LogP contribution in [0.1, 0.15) is 78.1 Å². The van der Waals surface area contributed by atoms with Gasteiger partial charge in [-0.25, -0.2) is 9.97 Å². The van der Waals surface area contributed by atoms with Crippen molar-refractivity contribution in [2.24, 2.45) is 0 Å². The molecule has 0 aliphatic carbocycles. The Morgan fingerprint density at radius 1 is 0.667 bits per heavy atom. The van der Waals surface area contributed by atoms with Crippen molar-refractivity contribution in [2.75, 3.05) is 26.4 Å². The zero-order chi connectivity index (χ0) is 23.4. The molecule has 0 aliphatic rings. The van der Waals surface area contributed by atoms with Gasteiger partial charge in [0.25, 0.3) is 0 Å². The summed E-state index contributed by atoms with van der Waals surface area (Å²) in [7, 11) is 0. The van der Waals surface area contributed by atoms with Gasteiger partial charge in [-0.3, -0.25) is 0 Å². The molecule has 0 bridgehead atoms. The van der Waals surface area contributed by atoms with Crippen molar-refractivity contribution in [3.05, 3.63) is 48.8 Å². The smallest absolute Gasteiger partial charge is 0.159 e. The number of ether oxygens (including phenoxy) is 3. The molecule has 0 saturated carbocycles. The molecular formula is C28H42N2O3. The molecule has 0 amide bonds. The molecule has 0 fully saturated rings. The van der Waals surface area contributed by atoms with Gasteiger partial charge in [0.1, 0.15) is 12.4 Å². The van der Waals surface area contributed by atoms with Crippen LogP contribution in [0.4, 0.5) is 0 Å². The lowest BCUT2D eigenvalue weighted by atomic mass is 10.1. The van der Waals surface area contributed by atoms with E-state index in [1.165, 1.54) is 38.5 Å². The van der Waals surface area contributed by atoms with E-state index in [4.69, 9.17) is 14.2 Å². The van der Waals surface area contributed by atoms with E-state index >= 15 is 0 Å². The Hall–Kier alpha value is -2.40. The Morgan fingerprint density at radius 2 is 1.39 bits per heavy atom. The van der Waals surface area contributed by atoms with Crippen molar-refractivity contribution >= 4 is 0 Å². The first-order valence-electron chi connectivity index (χ1n) is 12.7. The number of aromatic nitrogens is 2. The summed E-state index contributed by atoms with van der Waals surface area (Å²) in [6.07, 6.45) is 19.9. The summed E-state index contributed by atoms with van der Waals surface area (Å²) in [6, 6.07) is 7.90. The minimum absolute atomic E-state index is 0.551. The van der Waals surface area contributed by atoms with Crippen molar-refractivity contribution in [3.8, 4) is 22.9 Å². The van der Waals surface area contributed by atoms with Gasteiger partial charge in [0.2, 0.25) is 0 Å². The van der Waals surface area contributed by atoms with Gasteiger partial charge >= 0.3 is 0 Å². The van der Waals surface area contributed by atoms with E-state index < -0.39 is 0 Å². The van der Waals surface area contributed by atoms with Gasteiger partial charge in [0.05, 0.1) is 19.0 Å². The zero-order valence-corrected chi connectivity index (χ0v) is 20.6. The Balaban J connectivity index is 1.62. The lowest BCUT2D eigenvalue weighted by Crippen LogP contribution is -2.01. The molecule has 2 rings (SSSR count). The molecule has 0 atom stereocenters. The molecule has 0 radical (unpaired) electrons. The second kappa shape index (κ2) is 18.1. The van der Waals surface area contributed by atoms with Crippen molar-refractivity contribution in [3.63, 3.8) is 0 Å². The minimum Gasteiger partial charge on any atom is -0.494 e. The molecule has 182 valence electrons. The highest BCUT2D eigenvalue weighted by Crippen LogP contribution is 2.20. The Labute approximate surface area is 200 Å². The van der Waals surface area contributed by atoms with Crippen LogP contribution >= 0.6 is 0 Å². The largest absolute Gasteiger partial charge is 0.494 e. The molecule has 5 nitrogen and oxygen atoms in total. The average molecular weight is 455 g/mol. The van der Waals surface area contributed by atoms with Crippen LogP contribution in [0.3, 0.4) is 0 Å². The van der Waals surface area contributed by atoms with E-state index in [9.17, 15) is 0 Å². The molecule has 0 unspecified atom stereocenters. The summed E-state index contributed by atoms with van der Waals surface area (Å²) in [5, 5.41) is 0. The fraction of sp³-hybridized carbons (Fsp3) is 0.571. The van der Waals surface area contributed by atoms with Crippen LogP contribution < -0.4 is 9.47 Å². The number of nitrogens with zero attached hydrogens (tertiary/aromatic N) is 2. The third-order valence-corrected chi connectivity index (χ3v) is 5.28. The molecule has 0 saturated heterocycles. The number of unbranched alkanes of at least 4 members (excludes halogenated alkanes) is 7. The summed E-state index contributed by atoms with van der Waals surface area (Å²) >= 11 is 0.